The minimum Gasteiger partial charge on any atom is -0.353 e. The Bertz CT molecular complexity index is 812. The minimum atomic E-state index is -0.290. The van der Waals surface area contributed by atoms with Gasteiger partial charge in [-0.05, 0) is 63.0 Å². The second-order valence-corrected chi connectivity index (χ2v) is 8.16. The molecule has 5 nitrogen and oxygen atoms in total. The van der Waals surface area contributed by atoms with E-state index in [2.05, 4.69) is 10.6 Å². The molecule has 0 aliphatic heterocycles. The van der Waals surface area contributed by atoms with Gasteiger partial charge in [-0.15, -0.1) is 11.8 Å². The molecule has 0 saturated heterocycles. The van der Waals surface area contributed by atoms with Crippen molar-refractivity contribution in [1.29, 1.82) is 0 Å². The van der Waals surface area contributed by atoms with E-state index < -0.39 is 0 Å². The Kier molecular flexibility index (Phi) is 8.02. The normalized spacial score (nSPS) is 13.1. The molecular formula is C21H26FN3O2S. The molecular weight excluding hydrogens is 377 g/mol. The van der Waals surface area contributed by atoms with Gasteiger partial charge < -0.3 is 15.5 Å². The summed E-state index contributed by atoms with van der Waals surface area (Å²) in [6, 6.07) is 13.7. The van der Waals surface area contributed by atoms with Crippen molar-refractivity contribution in [2.24, 2.45) is 0 Å². The number of thioether (sulfide) groups is 1. The molecule has 2 rings (SSSR count). The van der Waals surface area contributed by atoms with Gasteiger partial charge in [-0.1, -0.05) is 12.1 Å². The molecule has 0 heterocycles. The highest BCUT2D eigenvalue weighted by Gasteiger charge is 2.19. The Morgan fingerprint density at radius 1 is 1.14 bits per heavy atom. The number of amides is 2. The molecule has 0 aromatic heterocycles. The van der Waals surface area contributed by atoms with Crippen LogP contribution >= 0.6 is 11.8 Å². The first-order valence-electron chi connectivity index (χ1n) is 9.00. The summed E-state index contributed by atoms with van der Waals surface area (Å²) in [5.74, 6) is -0.497. The lowest BCUT2D eigenvalue weighted by Gasteiger charge is -2.25. The molecule has 0 spiro atoms. The van der Waals surface area contributed by atoms with Crippen LogP contribution in [-0.2, 0) is 9.59 Å². The van der Waals surface area contributed by atoms with Crippen molar-refractivity contribution in [3.05, 3.63) is 59.9 Å². The number of hydrogen-bond donors (Lipinski definition) is 2. The largest absolute Gasteiger partial charge is 0.353 e. The van der Waals surface area contributed by atoms with Gasteiger partial charge in [-0.3, -0.25) is 9.59 Å². The zero-order valence-electron chi connectivity index (χ0n) is 16.5. The van der Waals surface area contributed by atoms with E-state index in [4.69, 9.17) is 0 Å². The van der Waals surface area contributed by atoms with Crippen LogP contribution in [0.2, 0.25) is 0 Å². The lowest BCUT2D eigenvalue weighted by molar-refractivity contribution is -0.120. The summed E-state index contributed by atoms with van der Waals surface area (Å²) < 4.78 is 13.5. The maximum absolute atomic E-state index is 13.5. The number of halogens is 1. The number of carbonyl (C=O) groups excluding carboxylic acids is 2. The van der Waals surface area contributed by atoms with Gasteiger partial charge in [0.2, 0.25) is 11.8 Å². The summed E-state index contributed by atoms with van der Waals surface area (Å²) in [5.41, 5.74) is 1.54. The number of rotatable bonds is 8. The molecule has 0 radical (unpaired) electrons. The van der Waals surface area contributed by atoms with E-state index in [1.807, 2.05) is 44.1 Å². The van der Waals surface area contributed by atoms with Crippen LogP contribution in [0.15, 0.2) is 53.4 Å². The molecule has 0 aliphatic rings. The quantitative estimate of drug-likeness (QED) is 0.660. The second kappa shape index (κ2) is 10.2. The van der Waals surface area contributed by atoms with E-state index in [0.29, 0.717) is 6.54 Å². The van der Waals surface area contributed by atoms with E-state index in [-0.39, 0.29) is 28.9 Å². The summed E-state index contributed by atoms with van der Waals surface area (Å²) >= 11 is 1.44. The fourth-order valence-corrected chi connectivity index (χ4v) is 3.62. The number of anilines is 1. The molecule has 0 unspecified atom stereocenters. The van der Waals surface area contributed by atoms with Crippen molar-refractivity contribution in [3.8, 4) is 0 Å². The van der Waals surface area contributed by atoms with E-state index in [1.165, 1.54) is 30.8 Å². The Labute approximate surface area is 169 Å². The number of likely N-dealkylation sites (N-methyl/N-ethyl adjacent to an activating group) is 1. The van der Waals surface area contributed by atoms with Crippen molar-refractivity contribution in [2.45, 2.75) is 30.0 Å². The maximum atomic E-state index is 13.5. The molecule has 0 fully saturated rings. The smallest absolute Gasteiger partial charge is 0.233 e. The molecule has 28 heavy (non-hydrogen) atoms. The Morgan fingerprint density at radius 3 is 2.39 bits per heavy atom. The first kappa shape index (κ1) is 21.9. The zero-order chi connectivity index (χ0) is 20.7. The van der Waals surface area contributed by atoms with Crippen molar-refractivity contribution in [2.75, 3.05) is 26.0 Å². The molecule has 7 heteroatoms. The monoisotopic (exact) mass is 403 g/mol. The predicted molar refractivity (Wildman–Crippen MR) is 112 cm³/mol. The number of nitrogens with one attached hydrogen (secondary N) is 2. The third-order valence-corrected chi connectivity index (χ3v) is 5.30. The van der Waals surface area contributed by atoms with E-state index >= 15 is 0 Å². The van der Waals surface area contributed by atoms with Crippen molar-refractivity contribution in [1.82, 2.24) is 10.2 Å². The number of benzene rings is 2. The van der Waals surface area contributed by atoms with Gasteiger partial charge in [0.1, 0.15) is 5.82 Å². The fourth-order valence-electron chi connectivity index (χ4n) is 2.73. The molecule has 2 amide bonds. The van der Waals surface area contributed by atoms with Crippen molar-refractivity contribution >= 4 is 29.3 Å². The first-order chi connectivity index (χ1) is 13.3. The van der Waals surface area contributed by atoms with Crippen molar-refractivity contribution < 1.29 is 14.0 Å². The lowest BCUT2D eigenvalue weighted by atomic mass is 10.1. The van der Waals surface area contributed by atoms with Crippen LogP contribution in [0.3, 0.4) is 0 Å². The van der Waals surface area contributed by atoms with Crippen LogP contribution in [0.25, 0.3) is 0 Å². The van der Waals surface area contributed by atoms with Crippen LogP contribution in [-0.4, -0.2) is 42.6 Å². The molecule has 0 saturated carbocycles. The highest BCUT2D eigenvalue weighted by Crippen LogP contribution is 2.25. The predicted octanol–water partition coefficient (Wildman–Crippen LogP) is 3.68. The van der Waals surface area contributed by atoms with Crippen LogP contribution in [0.4, 0.5) is 10.1 Å². The third kappa shape index (κ3) is 6.65. The molecule has 0 bridgehead atoms. The van der Waals surface area contributed by atoms with E-state index in [1.54, 1.807) is 18.2 Å². The molecule has 2 aromatic carbocycles. The molecule has 0 aliphatic carbocycles. The SMILES string of the molecule is CC(=O)Nc1ccc(S[C@@H](C)C(=O)NC[C@@H](c2cccc(F)c2)N(C)C)cc1. The minimum absolute atomic E-state index is 0.0841. The van der Waals surface area contributed by atoms with Gasteiger partial charge in [-0.25, -0.2) is 4.39 Å². The average Bonchev–Trinajstić information content (AvgIpc) is 2.62. The molecule has 2 aromatic rings. The Hall–Kier alpha value is -2.38. The molecule has 2 atom stereocenters. The maximum Gasteiger partial charge on any atom is 0.233 e. The van der Waals surface area contributed by atoms with Crippen molar-refractivity contribution in [3.63, 3.8) is 0 Å². The highest BCUT2D eigenvalue weighted by atomic mass is 32.2. The topological polar surface area (TPSA) is 61.4 Å². The van der Waals surface area contributed by atoms with Gasteiger partial charge in [0.25, 0.3) is 0 Å². The summed E-state index contributed by atoms with van der Waals surface area (Å²) in [5, 5.41) is 5.38. The number of nitrogens with zero attached hydrogens (tertiary/aromatic N) is 1. The van der Waals surface area contributed by atoms with Crippen LogP contribution < -0.4 is 10.6 Å². The van der Waals surface area contributed by atoms with E-state index in [0.717, 1.165) is 16.1 Å². The first-order valence-corrected chi connectivity index (χ1v) is 9.88. The third-order valence-electron chi connectivity index (χ3n) is 4.18. The molecule has 150 valence electrons. The standard InChI is InChI=1S/C21H26FN3O2S/c1-14(28-19-10-8-18(9-11-19)24-15(2)26)21(27)23-13-20(25(3)4)16-6-5-7-17(22)12-16/h5-12,14,20H,13H2,1-4H3,(H,23,27)(H,24,26)/t14-,20-/m0/s1. The Balaban J connectivity index is 1.92. The molecule has 2 N–H and O–H groups in total. The summed E-state index contributed by atoms with van der Waals surface area (Å²) in [4.78, 5) is 26.5. The van der Waals surface area contributed by atoms with Gasteiger partial charge >= 0.3 is 0 Å². The van der Waals surface area contributed by atoms with Gasteiger partial charge in [-0.2, -0.15) is 0 Å². The number of carbonyl (C=O) groups is 2. The second-order valence-electron chi connectivity index (χ2n) is 6.75. The van der Waals surface area contributed by atoms with Crippen LogP contribution in [0.5, 0.6) is 0 Å². The van der Waals surface area contributed by atoms with E-state index in [9.17, 15) is 14.0 Å². The lowest BCUT2D eigenvalue weighted by Crippen LogP contribution is -2.38. The average molecular weight is 404 g/mol. The van der Waals surface area contributed by atoms with Gasteiger partial charge in [0.15, 0.2) is 0 Å². The zero-order valence-corrected chi connectivity index (χ0v) is 17.3. The fraction of sp³-hybridized carbons (Fsp3) is 0.333. The number of hydrogen-bond acceptors (Lipinski definition) is 4. The van der Waals surface area contributed by atoms with Gasteiger partial charge in [0, 0.05) is 24.1 Å². The summed E-state index contributed by atoms with van der Waals surface area (Å²) in [6.07, 6.45) is 0. The van der Waals surface area contributed by atoms with Crippen LogP contribution in [0.1, 0.15) is 25.5 Å². The summed E-state index contributed by atoms with van der Waals surface area (Å²) in [6.45, 7) is 3.69. The summed E-state index contributed by atoms with van der Waals surface area (Å²) in [7, 11) is 3.80. The Morgan fingerprint density at radius 2 is 1.82 bits per heavy atom. The van der Waals surface area contributed by atoms with Crippen LogP contribution in [0, 0.1) is 5.82 Å². The highest BCUT2D eigenvalue weighted by molar-refractivity contribution is 8.00. The van der Waals surface area contributed by atoms with Gasteiger partial charge in [0.05, 0.1) is 11.3 Å².